The fourth-order valence-electron chi connectivity index (χ4n) is 1.66. The maximum Gasteiger partial charge on any atom is 0.469 e. The highest BCUT2D eigenvalue weighted by Gasteiger charge is 2.43. The Balaban J connectivity index is 0.000000541. The molecule has 156 valence electrons. The first-order chi connectivity index (χ1) is 11.9. The molecule has 14 nitrogen and oxygen atoms in total. The molecule has 1 saturated heterocycles. The number of hydrogen-bond acceptors (Lipinski definition) is 12. The summed E-state index contributed by atoms with van der Waals surface area (Å²) < 4.78 is 19.0. The second-order valence-corrected chi connectivity index (χ2v) is 6.43. The van der Waals surface area contributed by atoms with E-state index in [0.29, 0.717) is 0 Å². The van der Waals surface area contributed by atoms with Crippen molar-refractivity contribution in [2.75, 3.05) is 13.2 Å². The first kappa shape index (κ1) is 25.4. The number of carbonyl (C=O) groups is 1. The number of phosphoric acid groups is 1. The molecule has 0 saturated carbocycles. The smallest absolute Gasteiger partial charge is 0.394 e. The Hall–Kier alpha value is -0.580. The predicted octanol–water partition coefficient (Wildman–Crippen LogP) is -5.84. The maximum absolute atomic E-state index is 10.4. The Bertz CT molecular complexity index is 456. The third-order valence-electron chi connectivity index (χ3n) is 3.16. The summed E-state index contributed by atoms with van der Waals surface area (Å²) in [7, 11) is -4.73. The van der Waals surface area contributed by atoms with E-state index < -0.39 is 70.1 Å². The number of aliphatic hydroxyl groups is 8. The second kappa shape index (κ2) is 11.3. The number of rotatable bonds is 7. The zero-order chi connectivity index (χ0) is 20.7. The zero-order valence-corrected chi connectivity index (χ0v) is 14.1. The summed E-state index contributed by atoms with van der Waals surface area (Å²) in [6, 6.07) is 0. The molecule has 0 spiro atoms. The van der Waals surface area contributed by atoms with E-state index in [1.165, 1.54) is 0 Å². The van der Waals surface area contributed by atoms with Gasteiger partial charge in [0.25, 0.3) is 0 Å². The van der Waals surface area contributed by atoms with Gasteiger partial charge in [-0.2, -0.15) is 0 Å². The van der Waals surface area contributed by atoms with Crippen LogP contribution in [0.15, 0.2) is 0 Å². The van der Waals surface area contributed by atoms with E-state index in [9.17, 15) is 19.6 Å². The van der Waals surface area contributed by atoms with Crippen LogP contribution >= 0.6 is 7.82 Å². The van der Waals surface area contributed by atoms with Crippen LogP contribution in [0.4, 0.5) is 0 Å². The summed E-state index contributed by atoms with van der Waals surface area (Å²) in [6.07, 6.45) is -12.7. The van der Waals surface area contributed by atoms with E-state index in [2.05, 4.69) is 9.26 Å². The summed E-state index contributed by atoms with van der Waals surface area (Å²) in [5.41, 5.74) is 0. The molecule has 1 heterocycles. The molecule has 0 bridgehead atoms. The van der Waals surface area contributed by atoms with E-state index in [1.807, 2.05) is 0 Å². The molecule has 0 aromatic carbocycles. The van der Waals surface area contributed by atoms with Gasteiger partial charge in [0, 0.05) is 0 Å². The lowest BCUT2D eigenvalue weighted by molar-refractivity contribution is -0.285. The van der Waals surface area contributed by atoms with Crippen LogP contribution in [0, 0.1) is 0 Å². The van der Waals surface area contributed by atoms with Crippen molar-refractivity contribution in [3.63, 3.8) is 0 Å². The number of aldehydes is 1. The molecule has 0 aromatic heterocycles. The zero-order valence-electron chi connectivity index (χ0n) is 13.2. The number of carbonyl (C=O) groups excluding carboxylic acids is 1. The first-order valence-corrected chi connectivity index (χ1v) is 8.56. The van der Waals surface area contributed by atoms with Gasteiger partial charge >= 0.3 is 7.82 Å². The predicted molar refractivity (Wildman–Crippen MR) is 78.1 cm³/mol. The molecule has 0 aromatic rings. The van der Waals surface area contributed by atoms with Gasteiger partial charge in [-0.05, 0) is 0 Å². The van der Waals surface area contributed by atoms with Gasteiger partial charge in [-0.1, -0.05) is 0 Å². The lowest BCUT2D eigenvalue weighted by Gasteiger charge is -2.38. The molecule has 0 radical (unpaired) electrons. The number of aliphatic hydroxyl groups excluding tert-OH is 8. The Morgan fingerprint density at radius 1 is 1.04 bits per heavy atom. The van der Waals surface area contributed by atoms with Crippen molar-refractivity contribution in [2.45, 2.75) is 49.0 Å². The molecule has 8 atom stereocenters. The molecule has 0 unspecified atom stereocenters. The van der Waals surface area contributed by atoms with Gasteiger partial charge in [-0.25, -0.2) is 4.57 Å². The standard InChI is InChI=1S/C6H13O9P.C5H10O5/c7-3-2(1-14-16(11,12)13)15-6(10)5(9)4(3)8;6-1-3(8)5(10)4(9)2-7/h2-10H,1H2,(H2,11,12,13);1,3-5,7-10H,2H2/t2-,3-,4+,5-,6+;3-,4+,5-/m10/s1. The SMILES string of the molecule is O=C[C@H](O)[C@H](O)[C@H](O)CO.O=P(O)(O)OC[C@H]1O[C@H](O)[C@H](O)[C@@H](O)[C@@H]1O. The normalized spacial score (nSPS) is 32.8. The van der Waals surface area contributed by atoms with E-state index in [1.54, 1.807) is 0 Å². The average Bonchev–Trinajstić information content (AvgIpc) is 2.59. The quantitative estimate of drug-likeness (QED) is 0.139. The molecule has 1 aliphatic rings. The van der Waals surface area contributed by atoms with Crippen LogP contribution in [-0.4, -0.2) is 119 Å². The lowest BCUT2D eigenvalue weighted by Crippen LogP contribution is -2.58. The van der Waals surface area contributed by atoms with Crippen molar-refractivity contribution in [1.29, 1.82) is 0 Å². The van der Waals surface area contributed by atoms with E-state index in [-0.39, 0.29) is 6.29 Å². The van der Waals surface area contributed by atoms with Gasteiger partial charge in [-0.15, -0.1) is 0 Å². The minimum Gasteiger partial charge on any atom is -0.394 e. The molecule has 1 rings (SSSR count). The Labute approximate surface area is 146 Å². The molecule has 10 N–H and O–H groups in total. The maximum atomic E-state index is 10.4. The minimum atomic E-state index is -4.73. The molecule has 1 aliphatic heterocycles. The van der Waals surface area contributed by atoms with Crippen molar-refractivity contribution in [1.82, 2.24) is 0 Å². The lowest BCUT2D eigenvalue weighted by atomic mass is 10.00. The van der Waals surface area contributed by atoms with Crippen LogP contribution in [-0.2, 0) is 18.6 Å². The summed E-state index contributed by atoms with van der Waals surface area (Å²) in [5.74, 6) is 0. The van der Waals surface area contributed by atoms with Gasteiger partial charge in [0.1, 0.15) is 42.7 Å². The van der Waals surface area contributed by atoms with Crippen LogP contribution in [0.5, 0.6) is 0 Å². The topological polar surface area (TPSA) is 255 Å². The highest BCUT2D eigenvalue weighted by Crippen LogP contribution is 2.36. The summed E-state index contributed by atoms with van der Waals surface area (Å²) in [4.78, 5) is 26.6. The van der Waals surface area contributed by atoms with Crippen molar-refractivity contribution < 1.29 is 69.3 Å². The second-order valence-electron chi connectivity index (χ2n) is 5.19. The third kappa shape index (κ3) is 8.41. The number of hydrogen-bond donors (Lipinski definition) is 10. The van der Waals surface area contributed by atoms with Crippen molar-refractivity contribution in [2.24, 2.45) is 0 Å². The molecule has 15 heteroatoms. The Morgan fingerprint density at radius 3 is 2.00 bits per heavy atom. The average molecular weight is 410 g/mol. The molecule has 26 heavy (non-hydrogen) atoms. The molecule has 1 fully saturated rings. The van der Waals surface area contributed by atoms with Gasteiger partial charge < -0.3 is 60.2 Å². The van der Waals surface area contributed by atoms with E-state index in [4.69, 9.17) is 40.4 Å². The van der Waals surface area contributed by atoms with Crippen LogP contribution in [0.25, 0.3) is 0 Å². The van der Waals surface area contributed by atoms with Gasteiger partial charge in [0.2, 0.25) is 0 Å². The van der Waals surface area contributed by atoms with Crippen LogP contribution in [0.3, 0.4) is 0 Å². The highest BCUT2D eigenvalue weighted by molar-refractivity contribution is 7.46. The van der Waals surface area contributed by atoms with Crippen LogP contribution in [0.2, 0.25) is 0 Å². The largest absolute Gasteiger partial charge is 0.469 e. The summed E-state index contributed by atoms with van der Waals surface area (Å²) in [6.45, 7) is -1.42. The monoisotopic (exact) mass is 410 g/mol. The fourth-order valence-corrected chi connectivity index (χ4v) is 2.00. The summed E-state index contributed by atoms with van der Waals surface area (Å²) >= 11 is 0. The Morgan fingerprint density at radius 2 is 1.58 bits per heavy atom. The van der Waals surface area contributed by atoms with Crippen molar-refractivity contribution in [3.8, 4) is 0 Å². The minimum absolute atomic E-state index is 0.0869. The van der Waals surface area contributed by atoms with E-state index in [0.717, 1.165) is 0 Å². The molecular formula is C11H23O14P. The third-order valence-corrected chi connectivity index (χ3v) is 3.65. The molecule has 0 aliphatic carbocycles. The van der Waals surface area contributed by atoms with Crippen molar-refractivity contribution >= 4 is 14.1 Å². The first-order valence-electron chi connectivity index (χ1n) is 7.03. The Kier molecular flexibility index (Phi) is 11.1. The molecule has 0 amide bonds. The van der Waals surface area contributed by atoms with Crippen LogP contribution < -0.4 is 0 Å². The van der Waals surface area contributed by atoms with Gasteiger partial charge in [0.15, 0.2) is 12.6 Å². The van der Waals surface area contributed by atoms with Gasteiger partial charge in [-0.3, -0.25) is 4.52 Å². The number of ether oxygens (including phenoxy) is 1. The van der Waals surface area contributed by atoms with Crippen LogP contribution in [0.1, 0.15) is 0 Å². The fraction of sp³-hybridized carbons (Fsp3) is 0.909. The van der Waals surface area contributed by atoms with E-state index >= 15 is 0 Å². The highest BCUT2D eigenvalue weighted by atomic mass is 31.2. The van der Waals surface area contributed by atoms with Crippen molar-refractivity contribution in [3.05, 3.63) is 0 Å². The number of phosphoric ester groups is 1. The molecular weight excluding hydrogens is 387 g/mol. The summed E-state index contributed by atoms with van der Waals surface area (Å²) in [5, 5.41) is 70.8. The van der Waals surface area contributed by atoms with Gasteiger partial charge in [0.05, 0.1) is 13.2 Å².